The number of hydrogen-bond acceptors (Lipinski definition) is 14. The van der Waals surface area contributed by atoms with E-state index in [9.17, 15) is 26.3 Å². The first-order chi connectivity index (χ1) is 69.4. The molecule has 20 nitrogen and oxygen atoms in total. The summed E-state index contributed by atoms with van der Waals surface area (Å²) in [6.45, 7) is 3.51. The molecule has 0 atom stereocenters. The molecular formula is C113H80Cl4F6N20. The van der Waals surface area contributed by atoms with Crippen molar-refractivity contribution in [2.45, 2.75) is 13.8 Å². The Morgan fingerprint density at radius 2 is 0.650 bits per heavy atom. The molecule has 0 bridgehead atoms. The molecule has 12 aromatic carbocycles. The first-order valence-electron chi connectivity index (χ1n) is 44.6. The molecule has 0 aliphatic carbocycles. The maximum atomic E-state index is 14.3. The molecule has 0 saturated heterocycles. The van der Waals surface area contributed by atoms with Crippen LogP contribution in [-0.2, 0) is 21.1 Å². The summed E-state index contributed by atoms with van der Waals surface area (Å²) in [7, 11) is 5.72. The quantitative estimate of drug-likeness (QED) is 0.0562. The van der Waals surface area contributed by atoms with Gasteiger partial charge in [0.25, 0.3) is 0 Å². The highest BCUT2D eigenvalue weighted by atomic mass is 35.5. The third kappa shape index (κ3) is 20.4. The van der Waals surface area contributed by atoms with Crippen molar-refractivity contribution in [3.63, 3.8) is 0 Å². The van der Waals surface area contributed by atoms with Crippen LogP contribution in [0.1, 0.15) is 11.1 Å². The molecule has 7 N–H and O–H groups in total. The van der Waals surface area contributed by atoms with E-state index in [1.165, 1.54) is 36.4 Å². The van der Waals surface area contributed by atoms with Gasteiger partial charge in [-0.1, -0.05) is 131 Å². The van der Waals surface area contributed by atoms with E-state index in [0.29, 0.717) is 49.8 Å². The lowest BCUT2D eigenvalue weighted by atomic mass is 9.97. The van der Waals surface area contributed by atoms with Crippen LogP contribution in [0.25, 0.3) is 200 Å². The molecule has 0 amide bonds. The van der Waals surface area contributed by atoms with Gasteiger partial charge in [-0.05, 0) is 259 Å². The molecule has 0 aliphatic rings. The number of pyridine rings is 6. The van der Waals surface area contributed by atoms with Crippen LogP contribution in [0.4, 0.5) is 38.0 Å². The second-order valence-corrected chi connectivity index (χ2v) is 35.0. The Bertz CT molecular complexity index is 8920. The van der Waals surface area contributed by atoms with Gasteiger partial charge in [0, 0.05) is 152 Å². The van der Waals surface area contributed by atoms with E-state index in [-0.39, 0.29) is 33.1 Å². The van der Waals surface area contributed by atoms with Gasteiger partial charge in [-0.3, -0.25) is 39.7 Å². The summed E-state index contributed by atoms with van der Waals surface area (Å²) < 4.78 is 88.3. The molecule has 12 aromatic heterocycles. The zero-order valence-electron chi connectivity index (χ0n) is 76.6. The summed E-state index contributed by atoms with van der Waals surface area (Å²) in [6.07, 6.45) is 17.1. The fourth-order valence-electron chi connectivity index (χ4n) is 16.9. The molecule has 0 saturated carbocycles. The number of rotatable bonds is 12. The summed E-state index contributed by atoms with van der Waals surface area (Å²) in [6, 6.07) is 87.9. The second-order valence-electron chi connectivity index (χ2n) is 33.3. The average Bonchev–Trinajstić information content (AvgIpc) is 1.76. The van der Waals surface area contributed by atoms with Crippen molar-refractivity contribution in [1.82, 2.24) is 88.9 Å². The van der Waals surface area contributed by atoms with Gasteiger partial charge in [0.2, 0.25) is 0 Å². The Labute approximate surface area is 834 Å². The van der Waals surface area contributed by atoms with Gasteiger partial charge >= 0.3 is 0 Å². The monoisotopic (exact) mass is 1970 g/mol. The SMILES string of the molecule is Cc1cc(-c2ncccc2-c2ccc3c(N)n[nH]c3c2)ccc1F.Cc1cc(-c2ncccc2-c2ccc3c(N)nn(C)c3c2)ccc1F.Clc1cccc(-c2ncccc2-c2ccc3nc[nH]c3c2)c1.Cn1cnc2ccc(-c3cccnc3-c3cc(Cl)c(F)cc3F)cc21.Cn1cnc2ccc(-c3cccnc3-c3cc(Cl)ccc3F)cc21.Fc1ccc(-c2ncccc2-c2ccc3nc[nH]c3c2)cc1Cl. The number of nitrogens with two attached hydrogens (primary N) is 2. The number of nitrogen functional groups attached to an aromatic ring is 2. The Morgan fingerprint density at radius 3 is 1.12 bits per heavy atom. The third-order valence-corrected chi connectivity index (χ3v) is 25.1. The zero-order valence-corrected chi connectivity index (χ0v) is 79.7. The molecule has 30 heteroatoms. The van der Waals surface area contributed by atoms with Crippen molar-refractivity contribution in [3.05, 3.63) is 420 Å². The lowest BCUT2D eigenvalue weighted by molar-refractivity contribution is 0.585. The number of aryl methyl sites for hydroxylation is 5. The fourth-order valence-corrected chi connectivity index (χ4v) is 17.6. The summed E-state index contributed by atoms with van der Waals surface area (Å²) in [5.74, 6) is -1.71. The number of anilines is 2. The highest BCUT2D eigenvalue weighted by Crippen LogP contribution is 2.42. The Morgan fingerprint density at radius 1 is 0.273 bits per heavy atom. The van der Waals surface area contributed by atoms with Crippen LogP contribution in [0, 0.1) is 48.8 Å². The summed E-state index contributed by atoms with van der Waals surface area (Å²) in [5, 5.41) is 14.2. The molecule has 0 unspecified atom stereocenters. The van der Waals surface area contributed by atoms with Crippen LogP contribution in [0.15, 0.2) is 354 Å². The van der Waals surface area contributed by atoms with Gasteiger partial charge in [0.05, 0.1) is 125 Å². The summed E-state index contributed by atoms with van der Waals surface area (Å²) in [5.41, 5.74) is 42.2. The normalized spacial score (nSPS) is 11.1. The zero-order chi connectivity index (χ0) is 99.2. The van der Waals surface area contributed by atoms with Gasteiger partial charge in [-0.25, -0.2) is 46.3 Å². The maximum Gasteiger partial charge on any atom is 0.153 e. The van der Waals surface area contributed by atoms with Gasteiger partial charge < -0.3 is 30.6 Å². The van der Waals surface area contributed by atoms with Crippen molar-refractivity contribution in [1.29, 1.82) is 0 Å². The fraction of sp³-hybridized carbons (Fsp3) is 0.0442. The molecule has 0 radical (unpaired) electrons. The van der Waals surface area contributed by atoms with Gasteiger partial charge in [-0.2, -0.15) is 10.2 Å². The number of aromatic amines is 3. The topological polar surface area (TPSA) is 269 Å². The lowest BCUT2D eigenvalue weighted by Crippen LogP contribution is -1.94. The van der Waals surface area contributed by atoms with Crippen LogP contribution in [-0.4, -0.2) is 88.9 Å². The number of benzene rings is 12. The smallest absolute Gasteiger partial charge is 0.153 e. The predicted octanol–water partition coefficient (Wildman–Crippen LogP) is 29.0. The number of nitrogens with one attached hydrogen (secondary N) is 3. The molecule has 0 spiro atoms. The van der Waals surface area contributed by atoms with Crippen molar-refractivity contribution in [2.24, 2.45) is 21.1 Å². The van der Waals surface area contributed by atoms with Crippen LogP contribution < -0.4 is 11.5 Å². The van der Waals surface area contributed by atoms with Crippen molar-refractivity contribution < 1.29 is 26.3 Å². The molecular weight excluding hydrogens is 1890 g/mol. The van der Waals surface area contributed by atoms with E-state index in [0.717, 1.165) is 184 Å². The number of imidazole rings is 4. The molecule has 143 heavy (non-hydrogen) atoms. The van der Waals surface area contributed by atoms with E-state index < -0.39 is 17.5 Å². The highest BCUT2D eigenvalue weighted by Gasteiger charge is 2.23. The van der Waals surface area contributed by atoms with E-state index in [4.69, 9.17) is 57.9 Å². The summed E-state index contributed by atoms with van der Waals surface area (Å²) in [4.78, 5) is 50.1. The molecule has 24 aromatic rings. The maximum absolute atomic E-state index is 14.3. The Kier molecular flexibility index (Phi) is 27.4. The second kappa shape index (κ2) is 41.4. The van der Waals surface area contributed by atoms with E-state index in [2.05, 4.69) is 99.4 Å². The molecule has 702 valence electrons. The van der Waals surface area contributed by atoms with Crippen molar-refractivity contribution >= 4 is 124 Å². The molecule has 12 heterocycles. The number of nitrogens with zero attached hydrogens (tertiary/aromatic N) is 15. The molecule has 24 rings (SSSR count). The van der Waals surface area contributed by atoms with E-state index in [1.807, 2.05) is 218 Å². The number of aromatic nitrogens is 18. The predicted molar refractivity (Wildman–Crippen MR) is 561 cm³/mol. The van der Waals surface area contributed by atoms with E-state index in [1.54, 1.807) is 117 Å². The van der Waals surface area contributed by atoms with E-state index >= 15 is 0 Å². The number of halogens is 10. The highest BCUT2D eigenvalue weighted by molar-refractivity contribution is 6.32. The molecule has 0 aliphatic heterocycles. The summed E-state index contributed by atoms with van der Waals surface area (Å²) >= 11 is 23.9. The molecule has 0 fully saturated rings. The minimum absolute atomic E-state index is 0.0862. The Hall–Kier alpha value is -17.3. The lowest BCUT2D eigenvalue weighted by Gasteiger charge is -2.11. The standard InChI is InChI=1S/C20H17FN4.C19H12ClF2N3.C19H13ClFN3.C19H15FN4.C18H11ClFN3.C18H12ClN3/c1-12-10-14(6-8-17(12)21)19-15(4-3-9-23-19)13-5-7-16-18(11-13)25(2)24-20(16)22;1-25-10-24-17-5-4-11(7-18(17)25)12-3-2-6-23-19(12)13-8-14(20)16(22)9-15(13)21;1-24-11-23-17-7-4-12(9-18(17)24)14-3-2-8-22-19(14)15-10-13(20)5-6-16(15)21;1-11-9-13(5-7-16(11)20)18-14(3-2-8-22-18)12-4-6-15-17(10-12)23-24-19(15)21;19-14-8-12(3-5-15(14)20)18-13(2-1-7-21-18)11-4-6-16-17(9-11)23-10-22-16;19-14-4-1-3-13(9-14)18-15(5-2-8-20-18)12-6-7-16-17(10-12)22-11-21-16/h3-11H,1-2H3,(H2,22,24);2-10H,1H3;2-11H,1H3;2-10H,1H3,(H3,21,23,24);1-10H,(H,22,23);1-11H,(H,21,22). The first kappa shape index (κ1) is 94.7. The number of H-pyrrole nitrogens is 3. The van der Waals surface area contributed by atoms with Crippen LogP contribution in [0.3, 0.4) is 0 Å². The van der Waals surface area contributed by atoms with Gasteiger partial charge in [0.1, 0.15) is 34.9 Å². The van der Waals surface area contributed by atoms with Crippen molar-refractivity contribution in [2.75, 3.05) is 11.5 Å². The van der Waals surface area contributed by atoms with Crippen LogP contribution >= 0.6 is 46.4 Å². The number of fused-ring (bicyclic) bond motifs is 6. The minimum atomic E-state index is -0.795. The number of hydrogen-bond donors (Lipinski definition) is 5. The minimum Gasteiger partial charge on any atom is -0.382 e. The van der Waals surface area contributed by atoms with Crippen molar-refractivity contribution in [3.8, 4) is 134 Å². The van der Waals surface area contributed by atoms with Crippen LogP contribution in [0.5, 0.6) is 0 Å². The van der Waals surface area contributed by atoms with Gasteiger partial charge in [-0.15, -0.1) is 0 Å². The van der Waals surface area contributed by atoms with Gasteiger partial charge in [0.15, 0.2) is 11.6 Å². The first-order valence-corrected chi connectivity index (χ1v) is 46.1. The van der Waals surface area contributed by atoms with Crippen LogP contribution in [0.2, 0.25) is 20.1 Å². The average molecular weight is 1970 g/mol. The Balaban J connectivity index is 0.000000109. The largest absolute Gasteiger partial charge is 0.382 e. The third-order valence-electron chi connectivity index (χ3n) is 24.1.